The van der Waals surface area contributed by atoms with Crippen LogP contribution in [0.3, 0.4) is 0 Å². The Morgan fingerprint density at radius 3 is 3.06 bits per heavy atom. The number of carbonyl (C=O) groups excluding carboxylic acids is 1. The molecule has 0 amide bonds. The van der Waals surface area contributed by atoms with E-state index < -0.39 is 0 Å². The molecule has 1 saturated heterocycles. The molecular formula is C15H21NO2. The highest BCUT2D eigenvalue weighted by Crippen LogP contribution is 2.30. The van der Waals surface area contributed by atoms with E-state index in [1.54, 1.807) is 0 Å². The summed E-state index contributed by atoms with van der Waals surface area (Å²) in [5.41, 5.74) is 1.93. The van der Waals surface area contributed by atoms with Crippen molar-refractivity contribution in [2.45, 2.75) is 26.2 Å². The summed E-state index contributed by atoms with van der Waals surface area (Å²) >= 11 is 0. The number of hydrogen-bond acceptors (Lipinski definition) is 3. The van der Waals surface area contributed by atoms with Crippen molar-refractivity contribution in [1.29, 1.82) is 0 Å². The van der Waals surface area contributed by atoms with Gasteiger partial charge in [-0.2, -0.15) is 0 Å². The van der Waals surface area contributed by atoms with Gasteiger partial charge in [0.2, 0.25) is 0 Å². The lowest BCUT2D eigenvalue weighted by atomic mass is 9.82. The van der Waals surface area contributed by atoms with Crippen molar-refractivity contribution >= 4 is 5.97 Å². The largest absolute Gasteiger partial charge is 0.462 e. The molecule has 18 heavy (non-hydrogen) atoms. The van der Waals surface area contributed by atoms with Crippen LogP contribution in [-0.2, 0) is 4.74 Å². The van der Waals surface area contributed by atoms with Crippen LogP contribution in [0, 0.1) is 5.92 Å². The molecule has 0 aromatic heterocycles. The molecule has 0 spiro atoms. The van der Waals surface area contributed by atoms with Crippen molar-refractivity contribution in [1.82, 2.24) is 5.32 Å². The smallest absolute Gasteiger partial charge is 0.338 e. The van der Waals surface area contributed by atoms with Gasteiger partial charge >= 0.3 is 5.97 Å². The third-order valence-electron chi connectivity index (χ3n) is 3.61. The summed E-state index contributed by atoms with van der Waals surface area (Å²) in [6.07, 6.45) is 1.13. The standard InChI is InChI=1S/C15H21NO2/c1-3-18-15(17)13-6-4-5-12(9-13)14-7-8-16-10-11(14)2/h4-6,9,11,14,16H,3,7-8,10H2,1-2H3/t11-,14+/m1/s1. The number of piperidine rings is 1. The van der Waals surface area contributed by atoms with Crippen LogP contribution >= 0.6 is 0 Å². The highest BCUT2D eigenvalue weighted by Gasteiger charge is 2.23. The monoisotopic (exact) mass is 247 g/mol. The summed E-state index contributed by atoms with van der Waals surface area (Å²) in [6, 6.07) is 7.89. The molecule has 0 unspecified atom stereocenters. The minimum absolute atomic E-state index is 0.221. The molecule has 0 radical (unpaired) electrons. The Hall–Kier alpha value is -1.35. The van der Waals surface area contributed by atoms with E-state index in [0.29, 0.717) is 24.0 Å². The Balaban J connectivity index is 2.18. The SMILES string of the molecule is CCOC(=O)c1cccc([C@H]2CCNC[C@H]2C)c1. The fourth-order valence-corrected chi connectivity index (χ4v) is 2.62. The molecular weight excluding hydrogens is 226 g/mol. The molecule has 2 atom stereocenters. The molecule has 0 saturated carbocycles. The summed E-state index contributed by atoms with van der Waals surface area (Å²) < 4.78 is 5.05. The Bertz CT molecular complexity index is 417. The lowest BCUT2D eigenvalue weighted by molar-refractivity contribution is 0.0526. The van der Waals surface area contributed by atoms with Gasteiger partial charge in [-0.1, -0.05) is 19.1 Å². The van der Waals surface area contributed by atoms with Crippen LogP contribution in [-0.4, -0.2) is 25.7 Å². The van der Waals surface area contributed by atoms with Crippen molar-refractivity contribution in [3.63, 3.8) is 0 Å². The minimum Gasteiger partial charge on any atom is -0.462 e. The zero-order valence-electron chi connectivity index (χ0n) is 11.1. The molecule has 1 aromatic rings. The van der Waals surface area contributed by atoms with Crippen LogP contribution in [0.5, 0.6) is 0 Å². The average molecular weight is 247 g/mol. The van der Waals surface area contributed by atoms with Crippen LogP contribution in [0.2, 0.25) is 0 Å². The first-order valence-electron chi connectivity index (χ1n) is 6.70. The topological polar surface area (TPSA) is 38.3 Å². The van der Waals surface area contributed by atoms with E-state index >= 15 is 0 Å². The Morgan fingerprint density at radius 2 is 2.33 bits per heavy atom. The summed E-state index contributed by atoms with van der Waals surface area (Å²) in [5.74, 6) is 0.928. The van der Waals surface area contributed by atoms with Gasteiger partial charge in [-0.15, -0.1) is 0 Å². The van der Waals surface area contributed by atoms with Gasteiger partial charge < -0.3 is 10.1 Å². The van der Waals surface area contributed by atoms with Gasteiger partial charge in [0.05, 0.1) is 12.2 Å². The van der Waals surface area contributed by atoms with E-state index in [9.17, 15) is 4.79 Å². The van der Waals surface area contributed by atoms with Gasteiger partial charge in [0.1, 0.15) is 0 Å². The molecule has 2 rings (SSSR count). The van der Waals surface area contributed by atoms with Gasteiger partial charge in [-0.3, -0.25) is 0 Å². The lowest BCUT2D eigenvalue weighted by Crippen LogP contribution is -2.33. The highest BCUT2D eigenvalue weighted by atomic mass is 16.5. The number of benzene rings is 1. The van der Waals surface area contributed by atoms with Crippen molar-refractivity contribution in [2.24, 2.45) is 5.92 Å². The molecule has 0 bridgehead atoms. The second kappa shape index (κ2) is 6.01. The fraction of sp³-hybridized carbons (Fsp3) is 0.533. The molecule has 1 N–H and O–H groups in total. The zero-order valence-corrected chi connectivity index (χ0v) is 11.1. The summed E-state index contributed by atoms with van der Waals surface area (Å²) in [7, 11) is 0. The molecule has 98 valence electrons. The summed E-state index contributed by atoms with van der Waals surface area (Å²) in [4.78, 5) is 11.7. The molecule has 1 aromatic carbocycles. The quantitative estimate of drug-likeness (QED) is 0.834. The molecule has 3 heteroatoms. The Morgan fingerprint density at radius 1 is 1.50 bits per heavy atom. The normalized spacial score (nSPS) is 23.7. The predicted octanol–water partition coefficient (Wildman–Crippen LogP) is 2.58. The van der Waals surface area contributed by atoms with Crippen LogP contribution in [0.4, 0.5) is 0 Å². The number of hydrogen-bond donors (Lipinski definition) is 1. The van der Waals surface area contributed by atoms with Gasteiger partial charge in [-0.05, 0) is 56.0 Å². The van der Waals surface area contributed by atoms with Gasteiger partial charge in [0, 0.05) is 0 Å². The molecule has 1 fully saturated rings. The summed E-state index contributed by atoms with van der Waals surface area (Å²) in [5, 5.41) is 3.40. The molecule has 3 nitrogen and oxygen atoms in total. The van der Waals surface area contributed by atoms with Gasteiger partial charge in [-0.25, -0.2) is 4.79 Å². The first kappa shape index (κ1) is 13.1. The zero-order chi connectivity index (χ0) is 13.0. The van der Waals surface area contributed by atoms with Crippen LogP contribution in [0.25, 0.3) is 0 Å². The van der Waals surface area contributed by atoms with Crippen molar-refractivity contribution < 1.29 is 9.53 Å². The molecule has 1 aliphatic heterocycles. The molecule has 0 aliphatic carbocycles. The number of ether oxygens (including phenoxy) is 1. The predicted molar refractivity (Wildman–Crippen MR) is 71.8 cm³/mol. The third kappa shape index (κ3) is 2.91. The average Bonchev–Trinajstić information content (AvgIpc) is 2.40. The van der Waals surface area contributed by atoms with E-state index in [0.717, 1.165) is 19.5 Å². The maximum absolute atomic E-state index is 11.7. The van der Waals surface area contributed by atoms with E-state index in [4.69, 9.17) is 4.74 Å². The molecule has 1 heterocycles. The van der Waals surface area contributed by atoms with Crippen LogP contribution in [0.1, 0.15) is 42.1 Å². The fourth-order valence-electron chi connectivity index (χ4n) is 2.62. The van der Waals surface area contributed by atoms with E-state index in [-0.39, 0.29) is 5.97 Å². The van der Waals surface area contributed by atoms with E-state index in [2.05, 4.69) is 18.3 Å². The van der Waals surface area contributed by atoms with Crippen molar-refractivity contribution in [3.05, 3.63) is 35.4 Å². The second-order valence-corrected chi connectivity index (χ2v) is 4.92. The number of esters is 1. The Kier molecular flexibility index (Phi) is 4.37. The number of nitrogens with one attached hydrogen (secondary N) is 1. The van der Waals surface area contributed by atoms with Crippen molar-refractivity contribution in [2.75, 3.05) is 19.7 Å². The maximum atomic E-state index is 11.7. The van der Waals surface area contributed by atoms with E-state index in [1.807, 2.05) is 25.1 Å². The van der Waals surface area contributed by atoms with Crippen molar-refractivity contribution in [3.8, 4) is 0 Å². The summed E-state index contributed by atoms with van der Waals surface area (Å²) in [6.45, 7) is 6.62. The third-order valence-corrected chi connectivity index (χ3v) is 3.61. The second-order valence-electron chi connectivity index (χ2n) is 4.92. The van der Waals surface area contributed by atoms with Crippen LogP contribution < -0.4 is 5.32 Å². The first-order chi connectivity index (χ1) is 8.72. The maximum Gasteiger partial charge on any atom is 0.338 e. The van der Waals surface area contributed by atoms with Gasteiger partial charge in [0.15, 0.2) is 0 Å². The van der Waals surface area contributed by atoms with Crippen LogP contribution in [0.15, 0.2) is 24.3 Å². The number of rotatable bonds is 3. The van der Waals surface area contributed by atoms with E-state index in [1.165, 1.54) is 5.56 Å². The molecule has 1 aliphatic rings. The highest BCUT2D eigenvalue weighted by molar-refractivity contribution is 5.89. The first-order valence-corrected chi connectivity index (χ1v) is 6.70. The Labute approximate surface area is 109 Å². The van der Waals surface area contributed by atoms with Gasteiger partial charge in [0.25, 0.3) is 0 Å². The lowest BCUT2D eigenvalue weighted by Gasteiger charge is -2.30. The number of carbonyl (C=O) groups is 1. The minimum atomic E-state index is -0.221.